The number of aromatic nitrogens is 2. The number of nitrogens with zero attached hydrogens (tertiary/aromatic N) is 2. The highest BCUT2D eigenvalue weighted by Gasteiger charge is 2.19. The topological polar surface area (TPSA) is 66.9 Å². The molecular weight excluding hydrogens is 383 g/mol. The van der Waals surface area contributed by atoms with Gasteiger partial charge in [-0.25, -0.2) is 9.97 Å². The van der Waals surface area contributed by atoms with E-state index in [1.54, 1.807) is 6.33 Å². The molecule has 2 aromatic rings. The van der Waals surface area contributed by atoms with Crippen molar-refractivity contribution in [1.82, 2.24) is 15.3 Å². The summed E-state index contributed by atoms with van der Waals surface area (Å²) >= 11 is 0. The van der Waals surface area contributed by atoms with Gasteiger partial charge in [-0.2, -0.15) is 0 Å². The summed E-state index contributed by atoms with van der Waals surface area (Å²) in [5.74, 6) is 1.67. The fourth-order valence-corrected chi connectivity index (χ4v) is 3.81. The predicted molar refractivity (Wildman–Crippen MR) is 113 cm³/mol. The molecule has 0 amide bonds. The number of ketones is 1. The molecule has 7 heteroatoms. The third kappa shape index (κ3) is 5.18. The molecule has 5 nitrogen and oxygen atoms in total. The Morgan fingerprint density at radius 1 is 1.07 bits per heavy atom. The van der Waals surface area contributed by atoms with Crippen molar-refractivity contribution in [2.45, 2.75) is 38.5 Å². The van der Waals surface area contributed by atoms with Gasteiger partial charge in [0.1, 0.15) is 12.1 Å². The minimum atomic E-state index is 0. The Balaban J connectivity index is 0.00000131. The SMILES string of the molecule is Cl.Cl.O=C(CC1CCNCC1)c1ccc(Nc2ncnc3c2CCC3)cc1. The van der Waals surface area contributed by atoms with Gasteiger partial charge in [-0.1, -0.05) is 0 Å². The fourth-order valence-electron chi connectivity index (χ4n) is 3.81. The second-order valence-corrected chi connectivity index (χ2v) is 7.02. The smallest absolute Gasteiger partial charge is 0.163 e. The van der Waals surface area contributed by atoms with Crippen LogP contribution < -0.4 is 10.6 Å². The molecule has 2 N–H and O–H groups in total. The molecule has 1 aromatic heterocycles. The van der Waals surface area contributed by atoms with Crippen LogP contribution in [0.1, 0.15) is 47.3 Å². The third-order valence-corrected chi connectivity index (χ3v) is 5.28. The summed E-state index contributed by atoms with van der Waals surface area (Å²) in [4.78, 5) is 21.2. The zero-order valence-electron chi connectivity index (χ0n) is 15.2. The van der Waals surface area contributed by atoms with Crippen molar-refractivity contribution >= 4 is 42.1 Å². The van der Waals surface area contributed by atoms with Gasteiger partial charge < -0.3 is 10.6 Å². The molecule has 0 atom stereocenters. The Labute approximate surface area is 172 Å². The summed E-state index contributed by atoms with van der Waals surface area (Å²) in [6.45, 7) is 2.06. The maximum atomic E-state index is 12.5. The van der Waals surface area contributed by atoms with E-state index >= 15 is 0 Å². The van der Waals surface area contributed by atoms with Crippen LogP contribution in [-0.2, 0) is 12.8 Å². The summed E-state index contributed by atoms with van der Waals surface area (Å²) in [5, 5.41) is 6.73. The maximum absolute atomic E-state index is 12.5. The molecule has 0 saturated carbocycles. The first-order valence-corrected chi connectivity index (χ1v) is 9.23. The van der Waals surface area contributed by atoms with Crippen LogP contribution in [-0.4, -0.2) is 28.8 Å². The van der Waals surface area contributed by atoms with E-state index in [9.17, 15) is 4.79 Å². The molecule has 1 saturated heterocycles. The highest BCUT2D eigenvalue weighted by atomic mass is 35.5. The normalized spacial score (nSPS) is 16.0. The lowest BCUT2D eigenvalue weighted by Crippen LogP contribution is -2.28. The second kappa shape index (κ2) is 10.0. The third-order valence-electron chi connectivity index (χ3n) is 5.28. The predicted octanol–water partition coefficient (Wildman–Crippen LogP) is 4.12. The van der Waals surface area contributed by atoms with E-state index in [2.05, 4.69) is 20.6 Å². The fraction of sp³-hybridized carbons (Fsp3) is 0.450. The quantitative estimate of drug-likeness (QED) is 0.728. The number of aryl methyl sites for hydroxylation is 1. The van der Waals surface area contributed by atoms with Gasteiger partial charge in [0.05, 0.1) is 0 Å². The lowest BCUT2D eigenvalue weighted by atomic mass is 9.90. The number of carbonyl (C=O) groups excluding carboxylic acids is 1. The standard InChI is InChI=1S/C20H24N4O.2ClH/c25-19(12-14-8-10-21-11-9-14)15-4-6-16(7-5-15)24-20-17-2-1-3-18(17)22-13-23-20;;/h4-7,13-14,21H,1-3,8-12H2,(H,22,23,24);2*1H. The number of anilines is 2. The first-order valence-electron chi connectivity index (χ1n) is 9.23. The number of piperidine rings is 1. The highest BCUT2D eigenvalue weighted by molar-refractivity contribution is 5.96. The number of rotatable bonds is 5. The number of fused-ring (bicyclic) bond motifs is 1. The summed E-state index contributed by atoms with van der Waals surface area (Å²) in [7, 11) is 0. The minimum Gasteiger partial charge on any atom is -0.340 e. The van der Waals surface area contributed by atoms with Crippen LogP contribution in [0.5, 0.6) is 0 Å². The summed E-state index contributed by atoms with van der Waals surface area (Å²) in [5.41, 5.74) is 4.16. The molecular formula is C20H26Cl2N4O. The van der Waals surface area contributed by atoms with Gasteiger partial charge in [-0.3, -0.25) is 4.79 Å². The van der Waals surface area contributed by atoms with Crippen LogP contribution in [0.4, 0.5) is 11.5 Å². The Morgan fingerprint density at radius 2 is 1.81 bits per heavy atom. The van der Waals surface area contributed by atoms with Crippen molar-refractivity contribution in [2.75, 3.05) is 18.4 Å². The number of nitrogens with one attached hydrogen (secondary N) is 2. The first-order chi connectivity index (χ1) is 12.3. The van der Waals surface area contributed by atoms with Crippen LogP contribution in [0.25, 0.3) is 0 Å². The van der Waals surface area contributed by atoms with Crippen molar-refractivity contribution in [1.29, 1.82) is 0 Å². The number of carbonyl (C=O) groups is 1. The number of halogens is 2. The minimum absolute atomic E-state index is 0. The molecule has 2 aliphatic rings. The van der Waals surface area contributed by atoms with Gasteiger partial charge in [0.25, 0.3) is 0 Å². The van der Waals surface area contributed by atoms with Crippen molar-refractivity contribution in [3.8, 4) is 0 Å². The van der Waals surface area contributed by atoms with Gasteiger partial charge in [-0.15, -0.1) is 24.8 Å². The summed E-state index contributed by atoms with van der Waals surface area (Å²) in [6.07, 6.45) is 7.71. The second-order valence-electron chi connectivity index (χ2n) is 7.02. The Morgan fingerprint density at radius 3 is 2.56 bits per heavy atom. The van der Waals surface area contributed by atoms with E-state index in [0.29, 0.717) is 12.3 Å². The number of hydrogen-bond acceptors (Lipinski definition) is 5. The average Bonchev–Trinajstić information content (AvgIpc) is 3.13. The van der Waals surface area contributed by atoms with Gasteiger partial charge >= 0.3 is 0 Å². The number of benzene rings is 1. The number of Topliss-reactive ketones (excluding diaryl/α,β-unsaturated/α-hetero) is 1. The largest absolute Gasteiger partial charge is 0.340 e. The monoisotopic (exact) mass is 408 g/mol. The molecule has 0 bridgehead atoms. The number of hydrogen-bond donors (Lipinski definition) is 2. The lowest BCUT2D eigenvalue weighted by molar-refractivity contribution is 0.0952. The van der Waals surface area contributed by atoms with Crippen LogP contribution in [0, 0.1) is 5.92 Å². The van der Waals surface area contributed by atoms with Crippen LogP contribution >= 0.6 is 24.8 Å². The van der Waals surface area contributed by atoms with Crippen LogP contribution in [0.3, 0.4) is 0 Å². The summed E-state index contributed by atoms with van der Waals surface area (Å²) in [6, 6.07) is 7.79. The highest BCUT2D eigenvalue weighted by Crippen LogP contribution is 2.27. The van der Waals surface area contributed by atoms with Crippen LogP contribution in [0.15, 0.2) is 30.6 Å². The van der Waals surface area contributed by atoms with E-state index in [0.717, 1.165) is 68.0 Å². The van der Waals surface area contributed by atoms with Crippen molar-refractivity contribution in [2.24, 2.45) is 5.92 Å². The molecule has 146 valence electrons. The molecule has 27 heavy (non-hydrogen) atoms. The van der Waals surface area contributed by atoms with E-state index in [-0.39, 0.29) is 30.6 Å². The Kier molecular flexibility index (Phi) is 8.02. The van der Waals surface area contributed by atoms with E-state index < -0.39 is 0 Å². The first kappa shape index (κ1) is 21.6. The van der Waals surface area contributed by atoms with E-state index in [4.69, 9.17) is 0 Å². The van der Waals surface area contributed by atoms with Gasteiger partial charge in [-0.05, 0) is 75.4 Å². The molecule has 4 rings (SSSR count). The van der Waals surface area contributed by atoms with Crippen molar-refractivity contribution in [3.63, 3.8) is 0 Å². The molecule has 1 fully saturated rings. The molecule has 1 aliphatic carbocycles. The molecule has 0 spiro atoms. The molecule has 2 heterocycles. The Hall–Kier alpha value is -1.69. The van der Waals surface area contributed by atoms with Gasteiger partial charge in [0.15, 0.2) is 5.78 Å². The van der Waals surface area contributed by atoms with E-state index in [1.807, 2.05) is 24.3 Å². The van der Waals surface area contributed by atoms with Crippen LogP contribution in [0.2, 0.25) is 0 Å². The van der Waals surface area contributed by atoms with Crippen molar-refractivity contribution < 1.29 is 4.79 Å². The average molecular weight is 409 g/mol. The van der Waals surface area contributed by atoms with Crippen molar-refractivity contribution in [3.05, 3.63) is 47.4 Å². The lowest BCUT2D eigenvalue weighted by Gasteiger charge is -2.21. The van der Waals surface area contributed by atoms with Gasteiger partial charge in [0, 0.05) is 28.9 Å². The molecule has 0 unspecified atom stereocenters. The molecule has 1 aromatic carbocycles. The Bertz CT molecular complexity index is 761. The van der Waals surface area contributed by atoms with Gasteiger partial charge in [0.2, 0.25) is 0 Å². The zero-order chi connectivity index (χ0) is 17.1. The summed E-state index contributed by atoms with van der Waals surface area (Å²) < 4.78 is 0. The maximum Gasteiger partial charge on any atom is 0.163 e. The zero-order valence-corrected chi connectivity index (χ0v) is 16.9. The molecule has 0 radical (unpaired) electrons. The van der Waals surface area contributed by atoms with E-state index in [1.165, 1.54) is 5.56 Å². The molecule has 1 aliphatic heterocycles.